The number of halogens is 1. The molecule has 0 aliphatic heterocycles. The molecule has 0 saturated carbocycles. The molecule has 0 bridgehead atoms. The molecule has 1 aromatic heterocycles. The van der Waals surface area contributed by atoms with Gasteiger partial charge in [0.05, 0.1) is 11.4 Å². The first-order chi connectivity index (χ1) is 8.97. The second kappa shape index (κ2) is 5.16. The van der Waals surface area contributed by atoms with E-state index in [4.69, 9.17) is 17.3 Å². The molecule has 0 radical (unpaired) electrons. The van der Waals surface area contributed by atoms with Crippen LogP contribution >= 0.6 is 11.6 Å². The molecule has 6 heteroatoms. The topological polar surface area (TPSA) is 88.0 Å². The quantitative estimate of drug-likeness (QED) is 0.735. The first kappa shape index (κ1) is 13.2. The molecule has 1 amide bonds. The van der Waals surface area contributed by atoms with Crippen LogP contribution in [-0.2, 0) is 0 Å². The number of amides is 1. The second-order valence-electron chi connectivity index (χ2n) is 4.08. The van der Waals surface area contributed by atoms with Gasteiger partial charge in [-0.1, -0.05) is 11.6 Å². The van der Waals surface area contributed by atoms with Gasteiger partial charge in [-0.3, -0.25) is 9.59 Å². The number of anilines is 2. The zero-order valence-corrected chi connectivity index (χ0v) is 10.9. The first-order valence-electron chi connectivity index (χ1n) is 5.53. The van der Waals surface area contributed by atoms with Crippen LogP contribution in [0.15, 0.2) is 35.3 Å². The number of aromatic amines is 1. The third kappa shape index (κ3) is 2.95. The molecule has 1 heterocycles. The van der Waals surface area contributed by atoms with Gasteiger partial charge in [0.1, 0.15) is 5.56 Å². The number of nitrogens with one attached hydrogen (secondary N) is 2. The third-order valence-electron chi connectivity index (χ3n) is 2.57. The highest BCUT2D eigenvalue weighted by Crippen LogP contribution is 2.23. The number of aromatic nitrogens is 1. The molecule has 19 heavy (non-hydrogen) atoms. The van der Waals surface area contributed by atoms with Crippen molar-refractivity contribution in [2.45, 2.75) is 6.92 Å². The molecule has 5 nitrogen and oxygen atoms in total. The number of benzene rings is 1. The van der Waals surface area contributed by atoms with Crippen molar-refractivity contribution in [2.24, 2.45) is 0 Å². The van der Waals surface area contributed by atoms with Gasteiger partial charge in [-0.15, -0.1) is 0 Å². The highest BCUT2D eigenvalue weighted by atomic mass is 35.5. The summed E-state index contributed by atoms with van der Waals surface area (Å²) in [5.41, 5.74) is 6.82. The van der Waals surface area contributed by atoms with Crippen molar-refractivity contribution in [3.63, 3.8) is 0 Å². The summed E-state index contributed by atoms with van der Waals surface area (Å²) >= 11 is 5.82. The predicted molar refractivity (Wildman–Crippen MR) is 75.6 cm³/mol. The highest BCUT2D eigenvalue weighted by Gasteiger charge is 2.12. The number of rotatable bonds is 2. The van der Waals surface area contributed by atoms with E-state index in [1.165, 1.54) is 18.3 Å². The molecule has 0 aliphatic rings. The lowest BCUT2D eigenvalue weighted by Crippen LogP contribution is -2.22. The van der Waals surface area contributed by atoms with Crippen LogP contribution in [0, 0.1) is 6.92 Å². The fourth-order valence-electron chi connectivity index (χ4n) is 1.58. The molecule has 0 fully saturated rings. The van der Waals surface area contributed by atoms with Crippen molar-refractivity contribution < 1.29 is 4.79 Å². The lowest BCUT2D eigenvalue weighted by Gasteiger charge is -2.08. The van der Waals surface area contributed by atoms with Crippen molar-refractivity contribution in [1.29, 1.82) is 0 Å². The summed E-state index contributed by atoms with van der Waals surface area (Å²) in [6, 6.07) is 6.08. The van der Waals surface area contributed by atoms with E-state index in [1.807, 2.05) is 0 Å². The second-order valence-corrected chi connectivity index (χ2v) is 4.52. The van der Waals surface area contributed by atoms with Gasteiger partial charge in [-0.25, -0.2) is 0 Å². The average molecular weight is 278 g/mol. The zero-order chi connectivity index (χ0) is 14.0. The van der Waals surface area contributed by atoms with Gasteiger partial charge >= 0.3 is 0 Å². The molecule has 1 aromatic carbocycles. The molecule has 2 aromatic rings. The van der Waals surface area contributed by atoms with Gasteiger partial charge in [-0.05, 0) is 25.1 Å². The Kier molecular flexibility index (Phi) is 3.57. The summed E-state index contributed by atoms with van der Waals surface area (Å²) in [4.78, 5) is 26.5. The van der Waals surface area contributed by atoms with E-state index in [2.05, 4.69) is 10.3 Å². The summed E-state index contributed by atoms with van der Waals surface area (Å²) in [6.45, 7) is 1.73. The molecule has 0 aliphatic carbocycles. The molecular weight excluding hydrogens is 266 g/mol. The minimum absolute atomic E-state index is 0.0185. The SMILES string of the molecule is Cc1cc(=O)c(C(=O)Nc2cc(Cl)ccc2N)c[nH]1. The Labute approximate surface area is 114 Å². The molecule has 0 saturated heterocycles. The minimum atomic E-state index is -0.532. The Hall–Kier alpha value is -2.27. The maximum absolute atomic E-state index is 12.0. The molecule has 4 N–H and O–H groups in total. The molecule has 0 unspecified atom stereocenters. The first-order valence-corrected chi connectivity index (χ1v) is 5.91. The van der Waals surface area contributed by atoms with Crippen LogP contribution in [0.4, 0.5) is 11.4 Å². The van der Waals surface area contributed by atoms with Gasteiger partial charge in [0.2, 0.25) is 0 Å². The average Bonchev–Trinajstić information content (AvgIpc) is 2.33. The van der Waals surface area contributed by atoms with Crippen LogP contribution in [0.2, 0.25) is 5.02 Å². The Morgan fingerprint density at radius 3 is 2.79 bits per heavy atom. The predicted octanol–water partition coefficient (Wildman–Crippen LogP) is 2.17. The number of hydrogen-bond donors (Lipinski definition) is 3. The van der Waals surface area contributed by atoms with Gasteiger partial charge < -0.3 is 16.0 Å². The van der Waals surface area contributed by atoms with Crippen LogP contribution in [0.25, 0.3) is 0 Å². The number of aryl methyl sites for hydroxylation is 1. The van der Waals surface area contributed by atoms with Crippen LogP contribution in [-0.4, -0.2) is 10.9 Å². The fraction of sp³-hybridized carbons (Fsp3) is 0.0769. The normalized spacial score (nSPS) is 10.2. The van der Waals surface area contributed by atoms with E-state index in [0.717, 1.165) is 0 Å². The van der Waals surface area contributed by atoms with Gasteiger partial charge in [0, 0.05) is 23.0 Å². The van der Waals surface area contributed by atoms with E-state index in [9.17, 15) is 9.59 Å². The standard InChI is InChI=1S/C13H12ClN3O2/c1-7-4-12(18)9(6-16-7)13(19)17-11-5-8(14)2-3-10(11)15/h2-6H,15H2,1H3,(H,16,18)(H,17,19). The van der Waals surface area contributed by atoms with Crippen molar-refractivity contribution in [2.75, 3.05) is 11.1 Å². The number of hydrogen-bond acceptors (Lipinski definition) is 3. The zero-order valence-electron chi connectivity index (χ0n) is 10.2. The molecule has 2 rings (SSSR count). The summed E-state index contributed by atoms with van der Waals surface area (Å²) in [7, 11) is 0. The Morgan fingerprint density at radius 1 is 1.37 bits per heavy atom. The lowest BCUT2D eigenvalue weighted by atomic mass is 10.2. The van der Waals surface area contributed by atoms with E-state index >= 15 is 0 Å². The molecule has 0 atom stereocenters. The van der Waals surface area contributed by atoms with Crippen LogP contribution in [0.3, 0.4) is 0 Å². The van der Waals surface area contributed by atoms with Crippen molar-refractivity contribution in [1.82, 2.24) is 4.98 Å². The maximum Gasteiger partial charge on any atom is 0.261 e. The van der Waals surface area contributed by atoms with Crippen molar-refractivity contribution >= 4 is 28.9 Å². The number of pyridine rings is 1. The Bertz CT molecular complexity index is 695. The van der Waals surface area contributed by atoms with E-state index in [1.54, 1.807) is 19.1 Å². The monoisotopic (exact) mass is 277 g/mol. The Morgan fingerprint density at radius 2 is 2.11 bits per heavy atom. The molecular formula is C13H12ClN3O2. The fourth-order valence-corrected chi connectivity index (χ4v) is 1.75. The summed E-state index contributed by atoms with van der Waals surface area (Å²) in [6.07, 6.45) is 1.37. The summed E-state index contributed by atoms with van der Waals surface area (Å²) in [5, 5.41) is 3.01. The lowest BCUT2D eigenvalue weighted by molar-refractivity contribution is 0.102. The van der Waals surface area contributed by atoms with Crippen LogP contribution < -0.4 is 16.5 Å². The summed E-state index contributed by atoms with van der Waals surface area (Å²) in [5.74, 6) is -0.532. The van der Waals surface area contributed by atoms with Crippen molar-refractivity contribution in [3.05, 3.63) is 57.0 Å². The number of carbonyl (C=O) groups is 1. The largest absolute Gasteiger partial charge is 0.397 e. The Balaban J connectivity index is 2.31. The van der Waals surface area contributed by atoms with Gasteiger partial charge in [0.15, 0.2) is 5.43 Å². The smallest absolute Gasteiger partial charge is 0.261 e. The summed E-state index contributed by atoms with van der Waals surface area (Å²) < 4.78 is 0. The highest BCUT2D eigenvalue weighted by molar-refractivity contribution is 6.31. The third-order valence-corrected chi connectivity index (χ3v) is 2.80. The molecule has 0 spiro atoms. The van der Waals surface area contributed by atoms with Crippen molar-refractivity contribution in [3.8, 4) is 0 Å². The van der Waals surface area contributed by atoms with Gasteiger partial charge in [-0.2, -0.15) is 0 Å². The van der Waals surface area contributed by atoms with E-state index in [-0.39, 0.29) is 11.0 Å². The van der Waals surface area contributed by atoms with E-state index in [0.29, 0.717) is 22.1 Å². The minimum Gasteiger partial charge on any atom is -0.397 e. The van der Waals surface area contributed by atoms with E-state index < -0.39 is 5.91 Å². The van der Waals surface area contributed by atoms with Crippen LogP contribution in [0.1, 0.15) is 16.1 Å². The maximum atomic E-state index is 12.0. The number of nitrogen functional groups attached to an aromatic ring is 1. The molecule has 98 valence electrons. The number of nitrogens with two attached hydrogens (primary N) is 1. The number of H-pyrrole nitrogens is 1. The number of carbonyl (C=O) groups excluding carboxylic acids is 1. The van der Waals surface area contributed by atoms with Crippen LogP contribution in [0.5, 0.6) is 0 Å². The van der Waals surface area contributed by atoms with Gasteiger partial charge in [0.25, 0.3) is 5.91 Å².